The van der Waals surface area contributed by atoms with Crippen molar-refractivity contribution < 1.29 is 29.4 Å². The summed E-state index contributed by atoms with van der Waals surface area (Å²) in [5, 5.41) is 26.1. The Morgan fingerprint density at radius 3 is 2.47 bits per heavy atom. The van der Waals surface area contributed by atoms with Crippen LogP contribution in [-0.4, -0.2) is 44.3 Å². The molecule has 1 aliphatic rings. The fourth-order valence-corrected chi connectivity index (χ4v) is 4.09. The lowest BCUT2D eigenvalue weighted by molar-refractivity contribution is -0.140. The van der Waals surface area contributed by atoms with Gasteiger partial charge >= 0.3 is 11.9 Å². The summed E-state index contributed by atoms with van der Waals surface area (Å²) in [5.74, 6) is -3.24. The molecule has 2 aromatic rings. The summed E-state index contributed by atoms with van der Waals surface area (Å²) in [6.45, 7) is 0.470. The van der Waals surface area contributed by atoms with Gasteiger partial charge in [0.25, 0.3) is 11.8 Å². The van der Waals surface area contributed by atoms with Gasteiger partial charge in [0.05, 0.1) is 4.91 Å². The van der Waals surface area contributed by atoms with Crippen LogP contribution in [0.15, 0.2) is 53.4 Å². The average molecular weight is 500 g/mol. The maximum Gasteiger partial charge on any atom is 0.326 e. The van der Waals surface area contributed by atoms with Crippen LogP contribution >= 0.6 is 24.0 Å². The zero-order valence-electron chi connectivity index (χ0n) is 17.7. The van der Waals surface area contributed by atoms with E-state index in [0.29, 0.717) is 21.5 Å². The Hall–Kier alpha value is -3.70. The maximum absolute atomic E-state index is 12.5. The SMILES string of the molecule is O=C(O)CC[C@@H](NC(=O)c1cccc(NCc2ccc(/C=C3\SC(=S)NC3=O)cc2)c1)C(=O)O. The Kier molecular flexibility index (Phi) is 8.39. The summed E-state index contributed by atoms with van der Waals surface area (Å²) in [4.78, 5) is 46.8. The van der Waals surface area contributed by atoms with E-state index >= 15 is 0 Å². The Morgan fingerprint density at radius 2 is 1.85 bits per heavy atom. The maximum atomic E-state index is 12.5. The first-order valence-corrected chi connectivity index (χ1v) is 11.4. The van der Waals surface area contributed by atoms with E-state index in [9.17, 15) is 24.3 Å². The van der Waals surface area contributed by atoms with E-state index in [0.717, 1.165) is 11.1 Å². The molecule has 0 spiro atoms. The van der Waals surface area contributed by atoms with Crippen molar-refractivity contribution in [2.45, 2.75) is 25.4 Å². The second kappa shape index (κ2) is 11.4. The van der Waals surface area contributed by atoms with Gasteiger partial charge in [0.1, 0.15) is 10.4 Å². The van der Waals surface area contributed by atoms with E-state index in [4.69, 9.17) is 17.3 Å². The minimum atomic E-state index is -1.29. The van der Waals surface area contributed by atoms with Gasteiger partial charge in [-0.3, -0.25) is 14.4 Å². The smallest absolute Gasteiger partial charge is 0.326 e. The molecule has 0 aromatic heterocycles. The monoisotopic (exact) mass is 499 g/mol. The number of benzene rings is 2. The van der Waals surface area contributed by atoms with E-state index in [1.807, 2.05) is 24.3 Å². The summed E-state index contributed by atoms with van der Waals surface area (Å²) in [6, 6.07) is 12.8. The Morgan fingerprint density at radius 1 is 1.12 bits per heavy atom. The van der Waals surface area contributed by atoms with Gasteiger partial charge in [-0.1, -0.05) is 54.3 Å². The standard InChI is InChI=1S/C23H21N3O6S2/c27-19(28)9-8-17(22(31)32)25-20(29)15-2-1-3-16(11-15)24-12-14-6-4-13(5-7-14)10-18-21(30)26-23(33)34-18/h1-7,10-11,17,24H,8-9,12H2,(H,25,29)(H,27,28)(H,31,32)(H,26,30,33)/b18-10-/t17-/m1/s1. The molecule has 0 aliphatic carbocycles. The number of amides is 2. The quantitative estimate of drug-likeness (QED) is 0.246. The number of nitrogens with one attached hydrogen (secondary N) is 3. The lowest BCUT2D eigenvalue weighted by atomic mass is 10.1. The minimum Gasteiger partial charge on any atom is -0.481 e. The number of thioether (sulfide) groups is 1. The number of carboxylic acid groups (broad SMARTS) is 2. The van der Waals surface area contributed by atoms with E-state index in [-0.39, 0.29) is 24.3 Å². The zero-order valence-corrected chi connectivity index (χ0v) is 19.4. The average Bonchev–Trinajstić information content (AvgIpc) is 3.12. The predicted octanol–water partition coefficient (Wildman–Crippen LogP) is 2.84. The van der Waals surface area contributed by atoms with Crippen LogP contribution < -0.4 is 16.0 Å². The summed E-state index contributed by atoms with van der Waals surface area (Å²) < 4.78 is 0.437. The van der Waals surface area contributed by atoms with Crippen molar-refractivity contribution in [2.75, 3.05) is 5.32 Å². The molecule has 0 bridgehead atoms. The third-order valence-electron chi connectivity index (χ3n) is 4.79. The highest BCUT2D eigenvalue weighted by Crippen LogP contribution is 2.26. The number of anilines is 1. The first kappa shape index (κ1) is 24.9. The fraction of sp³-hybridized carbons (Fsp3) is 0.174. The predicted molar refractivity (Wildman–Crippen MR) is 132 cm³/mol. The van der Waals surface area contributed by atoms with Crippen LogP contribution in [-0.2, 0) is 20.9 Å². The molecule has 176 valence electrons. The fourth-order valence-electron chi connectivity index (χ4n) is 3.05. The van der Waals surface area contributed by atoms with Crippen molar-refractivity contribution in [2.24, 2.45) is 0 Å². The van der Waals surface area contributed by atoms with Crippen molar-refractivity contribution in [1.82, 2.24) is 10.6 Å². The van der Waals surface area contributed by atoms with Crippen LogP contribution in [0.1, 0.15) is 34.3 Å². The number of carbonyl (C=O) groups is 4. The second-order valence-electron chi connectivity index (χ2n) is 7.32. The van der Waals surface area contributed by atoms with Gasteiger partial charge < -0.3 is 26.2 Å². The molecule has 9 nitrogen and oxygen atoms in total. The van der Waals surface area contributed by atoms with Crippen LogP contribution in [0.25, 0.3) is 6.08 Å². The number of hydrogen-bond donors (Lipinski definition) is 5. The molecule has 34 heavy (non-hydrogen) atoms. The van der Waals surface area contributed by atoms with E-state index in [1.54, 1.807) is 30.3 Å². The van der Waals surface area contributed by atoms with Crippen LogP contribution in [0.2, 0.25) is 0 Å². The molecule has 1 saturated heterocycles. The highest BCUT2D eigenvalue weighted by molar-refractivity contribution is 8.26. The van der Waals surface area contributed by atoms with Crippen molar-refractivity contribution in [3.63, 3.8) is 0 Å². The lowest BCUT2D eigenvalue weighted by Gasteiger charge is -2.14. The van der Waals surface area contributed by atoms with Crippen LogP contribution in [0.3, 0.4) is 0 Å². The number of aliphatic carboxylic acids is 2. The number of carbonyl (C=O) groups excluding carboxylic acids is 2. The molecule has 3 rings (SSSR count). The summed E-state index contributed by atoms with van der Waals surface area (Å²) in [7, 11) is 0. The Labute approximate surface area is 204 Å². The molecular formula is C23H21N3O6S2. The molecule has 0 saturated carbocycles. The molecule has 1 atom stereocenters. The first-order valence-electron chi connectivity index (χ1n) is 10.1. The molecule has 1 aliphatic heterocycles. The van der Waals surface area contributed by atoms with Gasteiger partial charge in [-0.25, -0.2) is 4.79 Å². The van der Waals surface area contributed by atoms with Gasteiger partial charge in [0, 0.05) is 24.2 Å². The molecule has 0 radical (unpaired) electrons. The zero-order chi connectivity index (χ0) is 24.7. The van der Waals surface area contributed by atoms with E-state index in [2.05, 4.69) is 16.0 Å². The van der Waals surface area contributed by atoms with E-state index < -0.39 is 23.9 Å². The topological polar surface area (TPSA) is 145 Å². The van der Waals surface area contributed by atoms with Gasteiger partial charge in [0.15, 0.2) is 0 Å². The lowest BCUT2D eigenvalue weighted by Crippen LogP contribution is -2.41. The summed E-state index contributed by atoms with van der Waals surface area (Å²) in [5.41, 5.74) is 2.74. The van der Waals surface area contributed by atoms with Crippen molar-refractivity contribution >= 4 is 63.8 Å². The molecular weight excluding hydrogens is 478 g/mol. The summed E-state index contributed by atoms with van der Waals surface area (Å²) >= 11 is 6.20. The van der Waals surface area contributed by atoms with Gasteiger partial charge in [-0.05, 0) is 41.8 Å². The van der Waals surface area contributed by atoms with Gasteiger partial charge in [-0.15, -0.1) is 0 Å². The second-order valence-corrected chi connectivity index (χ2v) is 9.04. The largest absolute Gasteiger partial charge is 0.481 e. The minimum absolute atomic E-state index is 0.207. The molecule has 1 heterocycles. The molecule has 1 fully saturated rings. The Balaban J connectivity index is 1.59. The van der Waals surface area contributed by atoms with Crippen molar-refractivity contribution in [3.8, 4) is 0 Å². The third-order valence-corrected chi connectivity index (χ3v) is 5.95. The molecule has 0 unspecified atom stereocenters. The molecule has 11 heteroatoms. The van der Waals surface area contributed by atoms with Gasteiger partial charge in [-0.2, -0.15) is 0 Å². The first-order chi connectivity index (χ1) is 16.2. The number of carboxylic acids is 2. The van der Waals surface area contributed by atoms with Crippen molar-refractivity contribution in [3.05, 3.63) is 70.1 Å². The molecule has 2 amide bonds. The number of rotatable bonds is 10. The highest BCUT2D eigenvalue weighted by Gasteiger charge is 2.22. The normalized spacial score (nSPS) is 15.0. The summed E-state index contributed by atoms with van der Waals surface area (Å²) in [6.07, 6.45) is 1.19. The highest BCUT2D eigenvalue weighted by atomic mass is 32.2. The third kappa shape index (κ3) is 7.15. The Bertz CT molecular complexity index is 1160. The van der Waals surface area contributed by atoms with Crippen molar-refractivity contribution in [1.29, 1.82) is 0 Å². The van der Waals surface area contributed by atoms with Crippen LogP contribution in [0.5, 0.6) is 0 Å². The number of hydrogen-bond acceptors (Lipinski definition) is 7. The van der Waals surface area contributed by atoms with Crippen LogP contribution in [0, 0.1) is 0 Å². The molecule has 2 aromatic carbocycles. The van der Waals surface area contributed by atoms with Gasteiger partial charge in [0.2, 0.25) is 0 Å². The van der Waals surface area contributed by atoms with E-state index in [1.165, 1.54) is 11.8 Å². The van der Waals surface area contributed by atoms with Crippen LogP contribution in [0.4, 0.5) is 5.69 Å². The number of thiocarbonyl (C=S) groups is 1. The molecule has 5 N–H and O–H groups in total.